The van der Waals surface area contributed by atoms with Crippen LogP contribution in [0.1, 0.15) is 26.7 Å². The van der Waals surface area contributed by atoms with E-state index in [1.54, 1.807) is 0 Å². The first-order valence-corrected chi connectivity index (χ1v) is 9.55. The fourth-order valence-electron chi connectivity index (χ4n) is 2.77. The lowest BCUT2D eigenvalue weighted by Gasteiger charge is -2.34. The lowest BCUT2D eigenvalue weighted by atomic mass is 10.1. The predicted molar refractivity (Wildman–Crippen MR) is 117 cm³/mol. The van der Waals surface area contributed by atoms with Gasteiger partial charge in [-0.2, -0.15) is 0 Å². The minimum atomic E-state index is 0. The summed E-state index contributed by atoms with van der Waals surface area (Å²) in [4.78, 5) is 7.02. The average Bonchev–Trinajstić information content (AvgIpc) is 2.59. The molecule has 1 aliphatic heterocycles. The summed E-state index contributed by atoms with van der Waals surface area (Å²) in [5, 5.41) is 3.38. The number of halogens is 2. The molecule has 0 bridgehead atoms. The number of ether oxygens (including phenoxy) is 2. The molecule has 1 aliphatic rings. The summed E-state index contributed by atoms with van der Waals surface area (Å²) in [6, 6.07) is 7.88. The number of nitrogens with one attached hydrogen (secondary N) is 1. The van der Waals surface area contributed by atoms with Crippen molar-refractivity contribution in [1.29, 1.82) is 0 Å². The van der Waals surface area contributed by atoms with Crippen molar-refractivity contribution in [3.05, 3.63) is 28.7 Å². The molecule has 2 rings (SSSR count). The third kappa shape index (κ3) is 8.13. The number of rotatable bonds is 7. The van der Waals surface area contributed by atoms with Gasteiger partial charge in [-0.3, -0.25) is 0 Å². The second-order valence-corrected chi connectivity index (χ2v) is 6.60. The molecule has 1 N–H and O–H groups in total. The van der Waals surface area contributed by atoms with Gasteiger partial charge in [0.05, 0.1) is 12.6 Å². The van der Waals surface area contributed by atoms with Gasteiger partial charge in [-0.15, -0.1) is 24.0 Å². The van der Waals surface area contributed by atoms with Gasteiger partial charge in [-0.25, -0.2) is 4.99 Å². The number of guanidine groups is 1. The molecule has 1 saturated heterocycles. The molecule has 0 radical (unpaired) electrons. The van der Waals surface area contributed by atoms with Gasteiger partial charge in [-0.05, 0) is 44.9 Å². The molecular formula is C18H29BrIN3O2. The SMILES string of the molecule is CCNC(=NCCOc1cccc(Br)c1)N1CCC(OCC)CC1.I. The number of nitrogens with zero attached hydrogens (tertiary/aromatic N) is 2. The van der Waals surface area contributed by atoms with E-state index in [2.05, 4.69) is 40.0 Å². The van der Waals surface area contributed by atoms with Crippen molar-refractivity contribution in [2.45, 2.75) is 32.8 Å². The Morgan fingerprint density at radius 2 is 2.08 bits per heavy atom. The van der Waals surface area contributed by atoms with Gasteiger partial charge in [0.25, 0.3) is 0 Å². The molecule has 0 spiro atoms. The van der Waals surface area contributed by atoms with Gasteiger partial charge in [0, 0.05) is 30.7 Å². The predicted octanol–water partition coefficient (Wildman–Crippen LogP) is 3.91. The van der Waals surface area contributed by atoms with Crippen LogP contribution in [0.5, 0.6) is 5.75 Å². The molecule has 1 fully saturated rings. The largest absolute Gasteiger partial charge is 0.492 e. The summed E-state index contributed by atoms with van der Waals surface area (Å²) in [6.07, 6.45) is 2.52. The third-order valence-corrected chi connectivity index (χ3v) is 4.39. The zero-order valence-electron chi connectivity index (χ0n) is 15.0. The van der Waals surface area contributed by atoms with E-state index < -0.39 is 0 Å². The smallest absolute Gasteiger partial charge is 0.194 e. The van der Waals surface area contributed by atoms with Crippen molar-refractivity contribution in [3.8, 4) is 5.75 Å². The highest BCUT2D eigenvalue weighted by Gasteiger charge is 2.21. The maximum Gasteiger partial charge on any atom is 0.194 e. The van der Waals surface area contributed by atoms with E-state index in [1.165, 1.54) is 0 Å². The summed E-state index contributed by atoms with van der Waals surface area (Å²) in [6.45, 7) is 9.01. The first-order valence-electron chi connectivity index (χ1n) is 8.76. The molecule has 5 nitrogen and oxygen atoms in total. The van der Waals surface area contributed by atoms with Crippen LogP contribution in [-0.4, -0.2) is 56.4 Å². The molecule has 1 aromatic rings. The zero-order valence-corrected chi connectivity index (χ0v) is 19.0. The van der Waals surface area contributed by atoms with Gasteiger partial charge in [0.15, 0.2) is 5.96 Å². The normalized spacial score (nSPS) is 15.6. The van der Waals surface area contributed by atoms with Gasteiger partial charge in [-0.1, -0.05) is 22.0 Å². The molecule has 7 heteroatoms. The fraction of sp³-hybridized carbons (Fsp3) is 0.611. The zero-order chi connectivity index (χ0) is 17.2. The molecule has 25 heavy (non-hydrogen) atoms. The van der Waals surface area contributed by atoms with E-state index in [4.69, 9.17) is 14.5 Å². The Morgan fingerprint density at radius 1 is 1.32 bits per heavy atom. The Balaban J connectivity index is 0.00000312. The highest BCUT2D eigenvalue weighted by Crippen LogP contribution is 2.17. The van der Waals surface area contributed by atoms with Crippen molar-refractivity contribution in [2.75, 3.05) is 39.4 Å². The lowest BCUT2D eigenvalue weighted by Crippen LogP contribution is -2.47. The third-order valence-electron chi connectivity index (χ3n) is 3.90. The van der Waals surface area contributed by atoms with Crippen LogP contribution in [-0.2, 0) is 4.74 Å². The molecule has 142 valence electrons. The van der Waals surface area contributed by atoms with Gasteiger partial charge >= 0.3 is 0 Å². The van der Waals surface area contributed by atoms with Crippen LogP contribution in [0.4, 0.5) is 0 Å². The van der Waals surface area contributed by atoms with Crippen LogP contribution in [0.2, 0.25) is 0 Å². The van der Waals surface area contributed by atoms with Crippen LogP contribution in [0.15, 0.2) is 33.7 Å². The van der Waals surface area contributed by atoms with E-state index in [0.717, 1.165) is 55.3 Å². The molecule has 0 aromatic heterocycles. The Hall–Kier alpha value is -0.540. The molecular weight excluding hydrogens is 497 g/mol. The van der Waals surface area contributed by atoms with E-state index in [0.29, 0.717) is 19.3 Å². The Morgan fingerprint density at radius 3 is 2.72 bits per heavy atom. The minimum absolute atomic E-state index is 0. The molecule has 1 aromatic carbocycles. The van der Waals surface area contributed by atoms with E-state index in [1.807, 2.05) is 24.3 Å². The standard InChI is InChI=1S/C18H28BrN3O2.HI/c1-3-20-18(22-11-8-16(9-12-22)23-4-2)21-10-13-24-17-7-5-6-15(19)14-17;/h5-7,14,16H,3-4,8-13H2,1-2H3,(H,20,21);1H. The minimum Gasteiger partial charge on any atom is -0.492 e. The van der Waals surface area contributed by atoms with Gasteiger partial charge < -0.3 is 19.7 Å². The summed E-state index contributed by atoms with van der Waals surface area (Å²) in [5.74, 6) is 1.84. The molecule has 0 aliphatic carbocycles. The highest BCUT2D eigenvalue weighted by molar-refractivity contribution is 14.0. The monoisotopic (exact) mass is 525 g/mol. The number of benzene rings is 1. The topological polar surface area (TPSA) is 46.1 Å². The van der Waals surface area contributed by atoms with Crippen LogP contribution in [0.25, 0.3) is 0 Å². The number of hydrogen-bond acceptors (Lipinski definition) is 3. The molecule has 0 saturated carbocycles. The fourth-order valence-corrected chi connectivity index (χ4v) is 3.15. The van der Waals surface area contributed by atoms with Crippen molar-refractivity contribution in [1.82, 2.24) is 10.2 Å². The van der Waals surface area contributed by atoms with Crippen molar-refractivity contribution in [3.63, 3.8) is 0 Å². The van der Waals surface area contributed by atoms with Crippen LogP contribution >= 0.6 is 39.9 Å². The first kappa shape index (κ1) is 22.5. The second-order valence-electron chi connectivity index (χ2n) is 5.68. The van der Waals surface area contributed by atoms with E-state index in [-0.39, 0.29) is 24.0 Å². The quantitative estimate of drug-likeness (QED) is 0.254. The lowest BCUT2D eigenvalue weighted by molar-refractivity contribution is 0.0263. The average molecular weight is 526 g/mol. The van der Waals surface area contributed by atoms with E-state index in [9.17, 15) is 0 Å². The summed E-state index contributed by atoms with van der Waals surface area (Å²) in [5.41, 5.74) is 0. The maximum absolute atomic E-state index is 5.75. The van der Waals surface area contributed by atoms with Crippen LogP contribution in [0, 0.1) is 0 Å². The Labute approximate surface area is 176 Å². The first-order chi connectivity index (χ1) is 11.7. The highest BCUT2D eigenvalue weighted by atomic mass is 127. The number of aliphatic imine (C=N–C) groups is 1. The van der Waals surface area contributed by atoms with Crippen molar-refractivity contribution >= 4 is 45.9 Å². The van der Waals surface area contributed by atoms with Crippen LogP contribution < -0.4 is 10.1 Å². The number of hydrogen-bond donors (Lipinski definition) is 1. The molecule has 0 atom stereocenters. The van der Waals surface area contributed by atoms with Gasteiger partial charge in [0.1, 0.15) is 12.4 Å². The summed E-state index contributed by atoms with van der Waals surface area (Å²) >= 11 is 3.45. The van der Waals surface area contributed by atoms with Crippen LogP contribution in [0.3, 0.4) is 0 Å². The number of likely N-dealkylation sites (tertiary alicyclic amines) is 1. The Kier molecular flexibility index (Phi) is 11.5. The summed E-state index contributed by atoms with van der Waals surface area (Å²) in [7, 11) is 0. The molecule has 1 heterocycles. The van der Waals surface area contributed by atoms with Crippen molar-refractivity contribution in [2.24, 2.45) is 4.99 Å². The maximum atomic E-state index is 5.75. The van der Waals surface area contributed by atoms with Crippen molar-refractivity contribution < 1.29 is 9.47 Å². The van der Waals surface area contributed by atoms with E-state index >= 15 is 0 Å². The second kappa shape index (κ2) is 12.8. The van der Waals surface area contributed by atoms with Gasteiger partial charge in [0.2, 0.25) is 0 Å². The summed E-state index contributed by atoms with van der Waals surface area (Å²) < 4.78 is 12.5. The molecule has 0 unspecified atom stereocenters. The Bertz CT molecular complexity index is 523. The number of piperidine rings is 1. The molecule has 0 amide bonds.